The number of nitrogens with two attached hydrogens (primary N) is 1. The van der Waals surface area contributed by atoms with Crippen molar-refractivity contribution in [1.29, 1.82) is 0 Å². The van der Waals surface area contributed by atoms with Gasteiger partial charge < -0.3 is 15.6 Å². The highest BCUT2D eigenvalue weighted by Crippen LogP contribution is 2.14. The van der Waals surface area contributed by atoms with E-state index in [4.69, 9.17) is 5.73 Å². The van der Waals surface area contributed by atoms with Gasteiger partial charge in [0.1, 0.15) is 5.82 Å². The van der Waals surface area contributed by atoms with Gasteiger partial charge in [-0.05, 0) is 24.3 Å². The first-order chi connectivity index (χ1) is 7.65. The maximum Gasteiger partial charge on any atom is 0.316 e. The largest absolute Gasteiger partial charge is 0.351 e. The van der Waals surface area contributed by atoms with Crippen molar-refractivity contribution in [3.8, 4) is 5.69 Å². The van der Waals surface area contributed by atoms with E-state index < -0.39 is 6.03 Å². The van der Waals surface area contributed by atoms with Gasteiger partial charge in [-0.15, -0.1) is 0 Å². The van der Waals surface area contributed by atoms with Crippen LogP contribution in [0.25, 0.3) is 5.69 Å². The van der Waals surface area contributed by atoms with Crippen LogP contribution in [0.15, 0.2) is 42.7 Å². The number of nitrogens with one attached hydrogen (secondary N) is 1. The number of aromatic nitrogens is 1. The molecule has 4 nitrogen and oxygen atoms in total. The number of carbonyl (C=O) groups is 1. The number of carbonyl (C=O) groups excluding carboxylic acids is 1. The summed E-state index contributed by atoms with van der Waals surface area (Å²) >= 11 is 0. The Balaban J connectivity index is 2.28. The molecule has 2 amide bonds. The van der Waals surface area contributed by atoms with Crippen molar-refractivity contribution in [3.63, 3.8) is 0 Å². The predicted molar refractivity (Wildman–Crippen MR) is 58.9 cm³/mol. The molecule has 0 bridgehead atoms. The summed E-state index contributed by atoms with van der Waals surface area (Å²) in [5.74, 6) is -0.310. The lowest BCUT2D eigenvalue weighted by molar-refractivity contribution is 0.259. The minimum atomic E-state index is -0.628. The molecule has 1 aromatic heterocycles. The molecule has 0 fully saturated rings. The number of primary amides is 1. The maximum absolute atomic E-state index is 13.0. The molecule has 0 saturated carbocycles. The number of hydrogen-bond acceptors (Lipinski definition) is 1. The average molecular weight is 219 g/mol. The summed E-state index contributed by atoms with van der Waals surface area (Å²) < 4.78 is 14.7. The van der Waals surface area contributed by atoms with Crippen LogP contribution in [0.4, 0.5) is 14.9 Å². The zero-order chi connectivity index (χ0) is 11.5. The Bertz CT molecular complexity index is 521. The first kappa shape index (κ1) is 10.2. The van der Waals surface area contributed by atoms with Gasteiger partial charge in [-0.3, -0.25) is 0 Å². The molecule has 1 heterocycles. The van der Waals surface area contributed by atoms with Crippen LogP contribution in [0.3, 0.4) is 0 Å². The summed E-state index contributed by atoms with van der Waals surface area (Å²) in [6, 6.07) is 7.19. The predicted octanol–water partition coefficient (Wildman–Crippen LogP) is 2.11. The number of benzene rings is 1. The maximum atomic E-state index is 13.0. The van der Waals surface area contributed by atoms with E-state index in [0.717, 1.165) is 0 Å². The Morgan fingerprint density at radius 1 is 1.38 bits per heavy atom. The number of anilines is 1. The molecule has 3 N–H and O–H groups in total. The van der Waals surface area contributed by atoms with Gasteiger partial charge in [0.15, 0.2) is 0 Å². The molecule has 82 valence electrons. The number of amides is 2. The molecule has 0 aliphatic carbocycles. The molecule has 5 heteroatoms. The van der Waals surface area contributed by atoms with E-state index in [9.17, 15) is 9.18 Å². The molecular formula is C11H10FN3O. The minimum absolute atomic E-state index is 0.310. The molecule has 0 spiro atoms. The Kier molecular flexibility index (Phi) is 2.59. The smallest absolute Gasteiger partial charge is 0.316 e. The highest BCUT2D eigenvalue weighted by Gasteiger charge is 2.01. The summed E-state index contributed by atoms with van der Waals surface area (Å²) in [6.07, 6.45) is 3.36. The van der Waals surface area contributed by atoms with Gasteiger partial charge in [-0.25, -0.2) is 9.18 Å². The van der Waals surface area contributed by atoms with Crippen LogP contribution in [0.1, 0.15) is 0 Å². The van der Waals surface area contributed by atoms with Crippen molar-refractivity contribution >= 4 is 11.7 Å². The van der Waals surface area contributed by atoms with Gasteiger partial charge in [0, 0.05) is 18.1 Å². The molecule has 0 atom stereocenters. The third kappa shape index (κ3) is 2.20. The van der Waals surface area contributed by atoms with Gasteiger partial charge in [-0.2, -0.15) is 0 Å². The third-order valence-electron chi connectivity index (χ3n) is 2.07. The quantitative estimate of drug-likeness (QED) is 0.798. The number of nitrogens with zero attached hydrogens (tertiary/aromatic N) is 1. The summed E-state index contributed by atoms with van der Waals surface area (Å²) in [7, 11) is 0. The van der Waals surface area contributed by atoms with Crippen LogP contribution in [0.2, 0.25) is 0 Å². The van der Waals surface area contributed by atoms with Crippen molar-refractivity contribution in [2.45, 2.75) is 0 Å². The SMILES string of the molecule is NC(=O)Nc1ccn(-c2cccc(F)c2)c1. The molecule has 1 aromatic carbocycles. The lowest BCUT2D eigenvalue weighted by Gasteiger charge is -2.02. The van der Waals surface area contributed by atoms with Crippen molar-refractivity contribution in [1.82, 2.24) is 4.57 Å². The molecule has 0 radical (unpaired) electrons. The molecular weight excluding hydrogens is 209 g/mol. The topological polar surface area (TPSA) is 60.1 Å². The monoisotopic (exact) mass is 219 g/mol. The van der Waals surface area contributed by atoms with Crippen LogP contribution in [0.5, 0.6) is 0 Å². The second kappa shape index (κ2) is 4.06. The van der Waals surface area contributed by atoms with E-state index in [1.807, 2.05) is 0 Å². The first-order valence-electron chi connectivity index (χ1n) is 4.65. The number of halogens is 1. The van der Waals surface area contributed by atoms with E-state index in [1.54, 1.807) is 35.2 Å². The second-order valence-electron chi connectivity index (χ2n) is 3.28. The number of hydrogen-bond donors (Lipinski definition) is 2. The normalized spacial score (nSPS) is 10.1. The Morgan fingerprint density at radius 3 is 2.88 bits per heavy atom. The Morgan fingerprint density at radius 2 is 2.19 bits per heavy atom. The van der Waals surface area contributed by atoms with Crippen LogP contribution < -0.4 is 11.1 Å². The molecule has 0 aliphatic rings. The summed E-state index contributed by atoms with van der Waals surface area (Å²) in [6.45, 7) is 0. The van der Waals surface area contributed by atoms with Crippen molar-refractivity contribution in [2.24, 2.45) is 5.73 Å². The lowest BCUT2D eigenvalue weighted by Crippen LogP contribution is -2.18. The molecule has 2 rings (SSSR count). The van der Waals surface area contributed by atoms with E-state index >= 15 is 0 Å². The molecule has 16 heavy (non-hydrogen) atoms. The number of rotatable bonds is 2. The van der Waals surface area contributed by atoms with Crippen molar-refractivity contribution in [2.75, 3.05) is 5.32 Å². The first-order valence-corrected chi connectivity index (χ1v) is 4.65. The summed E-state index contributed by atoms with van der Waals surface area (Å²) in [4.78, 5) is 10.6. The highest BCUT2D eigenvalue weighted by atomic mass is 19.1. The second-order valence-corrected chi connectivity index (χ2v) is 3.28. The zero-order valence-corrected chi connectivity index (χ0v) is 8.35. The van der Waals surface area contributed by atoms with Gasteiger partial charge in [0.25, 0.3) is 0 Å². The van der Waals surface area contributed by atoms with Crippen LogP contribution in [-0.4, -0.2) is 10.6 Å². The molecule has 0 saturated heterocycles. The fraction of sp³-hybridized carbons (Fsp3) is 0. The Labute approximate surface area is 91.5 Å². The Hall–Kier alpha value is -2.30. The van der Waals surface area contributed by atoms with E-state index in [2.05, 4.69) is 5.32 Å². The van der Waals surface area contributed by atoms with E-state index in [0.29, 0.717) is 11.4 Å². The molecule has 0 unspecified atom stereocenters. The van der Waals surface area contributed by atoms with Gasteiger partial charge >= 0.3 is 6.03 Å². The molecule has 0 aliphatic heterocycles. The van der Waals surface area contributed by atoms with Crippen LogP contribution in [0, 0.1) is 5.82 Å². The van der Waals surface area contributed by atoms with E-state index in [-0.39, 0.29) is 5.82 Å². The summed E-state index contributed by atoms with van der Waals surface area (Å²) in [5, 5.41) is 2.43. The van der Waals surface area contributed by atoms with Crippen LogP contribution >= 0.6 is 0 Å². The fourth-order valence-corrected chi connectivity index (χ4v) is 1.41. The zero-order valence-electron chi connectivity index (χ0n) is 8.35. The standard InChI is InChI=1S/C11H10FN3O/c12-8-2-1-3-10(6-8)15-5-4-9(7-15)14-11(13)16/h1-7H,(H3,13,14,16). The minimum Gasteiger partial charge on any atom is -0.351 e. The fourth-order valence-electron chi connectivity index (χ4n) is 1.41. The lowest BCUT2D eigenvalue weighted by atomic mass is 10.3. The third-order valence-corrected chi connectivity index (χ3v) is 2.07. The van der Waals surface area contributed by atoms with Crippen molar-refractivity contribution in [3.05, 3.63) is 48.5 Å². The summed E-state index contributed by atoms with van der Waals surface area (Å²) in [5.41, 5.74) is 6.22. The average Bonchev–Trinajstić information content (AvgIpc) is 2.65. The number of urea groups is 1. The van der Waals surface area contributed by atoms with Gasteiger partial charge in [0.05, 0.1) is 5.69 Å². The van der Waals surface area contributed by atoms with Crippen LogP contribution in [-0.2, 0) is 0 Å². The highest BCUT2D eigenvalue weighted by molar-refractivity contribution is 5.87. The van der Waals surface area contributed by atoms with Crippen molar-refractivity contribution < 1.29 is 9.18 Å². The van der Waals surface area contributed by atoms with E-state index in [1.165, 1.54) is 12.1 Å². The van der Waals surface area contributed by atoms with Gasteiger partial charge in [0.2, 0.25) is 0 Å². The van der Waals surface area contributed by atoms with Gasteiger partial charge in [-0.1, -0.05) is 6.07 Å². The molecule has 2 aromatic rings.